The normalized spacial score (nSPS) is 17.4. The van der Waals surface area contributed by atoms with Crippen LogP contribution in [0.15, 0.2) is 24.3 Å². The zero-order valence-electron chi connectivity index (χ0n) is 11.5. The second kappa shape index (κ2) is 7.36. The number of hydrogen-bond donors (Lipinski definition) is 2. The molecule has 2 N–H and O–H groups in total. The van der Waals surface area contributed by atoms with Crippen LogP contribution in [0.4, 0.5) is 5.69 Å². The van der Waals surface area contributed by atoms with E-state index in [0.717, 1.165) is 24.3 Å². The number of aliphatic hydroxyl groups excluding tert-OH is 1. The van der Waals surface area contributed by atoms with Gasteiger partial charge in [0.2, 0.25) is 0 Å². The highest BCUT2D eigenvalue weighted by Gasteiger charge is 2.16. The van der Waals surface area contributed by atoms with E-state index in [4.69, 9.17) is 9.47 Å². The maximum Gasteiger partial charge on any atom is 0.141 e. The van der Waals surface area contributed by atoms with Crippen LogP contribution in [0.2, 0.25) is 0 Å². The van der Waals surface area contributed by atoms with Crippen molar-refractivity contribution >= 4 is 5.69 Å². The monoisotopic (exact) mass is 265 g/mol. The number of benzene rings is 1. The van der Waals surface area contributed by atoms with Gasteiger partial charge in [-0.15, -0.1) is 0 Å². The molecule has 0 spiro atoms. The number of methoxy groups -OCH3 is 1. The van der Waals surface area contributed by atoms with Crippen LogP contribution in [-0.2, 0) is 4.74 Å². The molecule has 19 heavy (non-hydrogen) atoms. The first-order valence-electron chi connectivity index (χ1n) is 6.96. The quantitative estimate of drug-likeness (QED) is 0.795. The number of hydrogen-bond acceptors (Lipinski definition) is 4. The lowest BCUT2D eigenvalue weighted by atomic mass is 10.2. The van der Waals surface area contributed by atoms with Crippen LogP contribution in [0.25, 0.3) is 0 Å². The van der Waals surface area contributed by atoms with Crippen molar-refractivity contribution in [2.24, 2.45) is 0 Å². The van der Waals surface area contributed by atoms with Crippen molar-refractivity contribution in [1.82, 2.24) is 0 Å². The second-order valence-electron chi connectivity index (χ2n) is 4.97. The summed E-state index contributed by atoms with van der Waals surface area (Å²) in [5, 5.41) is 13.1. The molecule has 0 saturated heterocycles. The molecule has 1 aliphatic carbocycles. The van der Waals surface area contributed by atoms with Crippen molar-refractivity contribution in [3.8, 4) is 5.75 Å². The van der Waals surface area contributed by atoms with E-state index in [1.807, 2.05) is 24.3 Å². The molecule has 0 radical (unpaired) electrons. The predicted molar refractivity (Wildman–Crippen MR) is 75.7 cm³/mol. The molecular formula is C15H23NO3. The molecule has 1 unspecified atom stereocenters. The van der Waals surface area contributed by atoms with Gasteiger partial charge in [0.15, 0.2) is 0 Å². The summed E-state index contributed by atoms with van der Waals surface area (Å²) < 4.78 is 10.9. The predicted octanol–water partition coefficient (Wildman–Crippen LogP) is 2.43. The Morgan fingerprint density at radius 3 is 2.79 bits per heavy atom. The molecule has 1 atom stereocenters. The molecule has 0 amide bonds. The summed E-state index contributed by atoms with van der Waals surface area (Å²) in [5.41, 5.74) is 0.893. The van der Waals surface area contributed by atoms with Gasteiger partial charge in [0.25, 0.3) is 0 Å². The van der Waals surface area contributed by atoms with Crippen molar-refractivity contribution in [1.29, 1.82) is 0 Å². The van der Waals surface area contributed by atoms with Crippen molar-refractivity contribution in [2.45, 2.75) is 37.9 Å². The molecule has 1 saturated carbocycles. The Bertz CT molecular complexity index is 377. The summed E-state index contributed by atoms with van der Waals surface area (Å²) in [5.74, 6) is 0.784. The smallest absolute Gasteiger partial charge is 0.141 e. The maximum absolute atomic E-state index is 9.91. The Labute approximate surface area is 114 Å². The number of rotatable bonds is 7. The molecule has 4 heteroatoms. The van der Waals surface area contributed by atoms with E-state index in [0.29, 0.717) is 19.3 Å². The van der Waals surface area contributed by atoms with Crippen LogP contribution in [-0.4, -0.2) is 37.6 Å². The van der Waals surface area contributed by atoms with Crippen LogP contribution in [0, 0.1) is 0 Å². The molecule has 106 valence electrons. The highest BCUT2D eigenvalue weighted by Crippen LogP contribution is 2.23. The molecular weight excluding hydrogens is 242 g/mol. The van der Waals surface area contributed by atoms with E-state index >= 15 is 0 Å². The summed E-state index contributed by atoms with van der Waals surface area (Å²) in [7, 11) is 1.64. The minimum Gasteiger partial charge on any atom is -0.495 e. The van der Waals surface area contributed by atoms with Crippen molar-refractivity contribution in [2.75, 3.05) is 25.6 Å². The summed E-state index contributed by atoms with van der Waals surface area (Å²) >= 11 is 0. The number of anilines is 1. The number of ether oxygens (including phenoxy) is 2. The molecule has 0 aliphatic heterocycles. The third-order valence-electron chi connectivity index (χ3n) is 3.46. The zero-order valence-corrected chi connectivity index (χ0v) is 11.5. The largest absolute Gasteiger partial charge is 0.495 e. The first-order chi connectivity index (χ1) is 9.29. The van der Waals surface area contributed by atoms with Crippen LogP contribution in [0.3, 0.4) is 0 Å². The Morgan fingerprint density at radius 2 is 2.05 bits per heavy atom. The van der Waals surface area contributed by atoms with Gasteiger partial charge in [0, 0.05) is 6.54 Å². The van der Waals surface area contributed by atoms with E-state index < -0.39 is 6.10 Å². The third kappa shape index (κ3) is 4.40. The Balaban J connectivity index is 1.71. The summed E-state index contributed by atoms with van der Waals surface area (Å²) in [6.07, 6.45) is 4.62. The van der Waals surface area contributed by atoms with E-state index in [9.17, 15) is 5.11 Å². The number of para-hydroxylation sites is 2. The summed E-state index contributed by atoms with van der Waals surface area (Å²) in [6.45, 7) is 0.861. The third-order valence-corrected chi connectivity index (χ3v) is 3.46. The van der Waals surface area contributed by atoms with E-state index in [-0.39, 0.29) is 0 Å². The van der Waals surface area contributed by atoms with Gasteiger partial charge in [-0.1, -0.05) is 25.0 Å². The van der Waals surface area contributed by atoms with Crippen molar-refractivity contribution < 1.29 is 14.6 Å². The molecule has 0 bridgehead atoms. The zero-order chi connectivity index (χ0) is 13.5. The average Bonchev–Trinajstić information content (AvgIpc) is 2.96. The Kier molecular flexibility index (Phi) is 5.48. The molecule has 2 rings (SSSR count). The van der Waals surface area contributed by atoms with Gasteiger partial charge < -0.3 is 19.9 Å². The van der Waals surface area contributed by atoms with Crippen molar-refractivity contribution in [3.05, 3.63) is 24.3 Å². The molecule has 1 aromatic rings. The van der Waals surface area contributed by atoms with Gasteiger partial charge in [-0.2, -0.15) is 0 Å². The summed E-state index contributed by atoms with van der Waals surface area (Å²) in [6, 6.07) is 7.68. The molecule has 4 nitrogen and oxygen atoms in total. The van der Waals surface area contributed by atoms with E-state index in [2.05, 4.69) is 5.32 Å². The minimum atomic E-state index is -0.495. The van der Waals surface area contributed by atoms with E-state index in [1.54, 1.807) is 7.11 Å². The minimum absolute atomic E-state index is 0.348. The van der Waals surface area contributed by atoms with Crippen LogP contribution in [0.1, 0.15) is 25.7 Å². The number of nitrogens with one attached hydrogen (secondary N) is 1. The van der Waals surface area contributed by atoms with Crippen LogP contribution >= 0.6 is 0 Å². The molecule has 1 fully saturated rings. The fourth-order valence-electron chi connectivity index (χ4n) is 2.38. The molecule has 1 aromatic carbocycles. The fourth-order valence-corrected chi connectivity index (χ4v) is 2.38. The molecule has 0 aromatic heterocycles. The first-order valence-corrected chi connectivity index (χ1v) is 6.96. The number of aliphatic hydroxyl groups is 1. The second-order valence-corrected chi connectivity index (χ2v) is 4.97. The highest BCUT2D eigenvalue weighted by molar-refractivity contribution is 5.56. The van der Waals surface area contributed by atoms with Crippen LogP contribution in [0.5, 0.6) is 5.75 Å². The van der Waals surface area contributed by atoms with E-state index in [1.165, 1.54) is 12.8 Å². The van der Waals surface area contributed by atoms with Gasteiger partial charge in [-0.05, 0) is 25.0 Å². The molecule has 1 aliphatic rings. The van der Waals surface area contributed by atoms with Gasteiger partial charge >= 0.3 is 0 Å². The Hall–Kier alpha value is -1.26. The Morgan fingerprint density at radius 1 is 1.32 bits per heavy atom. The SMILES string of the molecule is COc1ccccc1NCC(O)COC1CCCC1. The highest BCUT2D eigenvalue weighted by atomic mass is 16.5. The standard InChI is InChI=1S/C15H23NO3/c1-18-15-9-5-4-8-14(15)16-10-12(17)11-19-13-6-2-3-7-13/h4-5,8-9,12-13,16-17H,2-3,6-7,10-11H2,1H3. The van der Waals surface area contributed by atoms with Crippen LogP contribution < -0.4 is 10.1 Å². The average molecular weight is 265 g/mol. The van der Waals surface area contributed by atoms with Gasteiger partial charge in [-0.3, -0.25) is 0 Å². The lowest BCUT2D eigenvalue weighted by Crippen LogP contribution is -2.27. The topological polar surface area (TPSA) is 50.7 Å². The summed E-state index contributed by atoms with van der Waals surface area (Å²) in [4.78, 5) is 0. The van der Waals surface area contributed by atoms with Crippen molar-refractivity contribution in [3.63, 3.8) is 0 Å². The molecule has 0 heterocycles. The maximum atomic E-state index is 9.91. The first kappa shape index (κ1) is 14.2. The van der Waals surface area contributed by atoms with Gasteiger partial charge in [0.1, 0.15) is 5.75 Å². The fraction of sp³-hybridized carbons (Fsp3) is 0.600. The lowest BCUT2D eigenvalue weighted by molar-refractivity contribution is -0.00118. The van der Waals surface area contributed by atoms with Gasteiger partial charge in [0.05, 0.1) is 31.6 Å². The lowest BCUT2D eigenvalue weighted by Gasteiger charge is -2.17. The van der Waals surface area contributed by atoms with Gasteiger partial charge in [-0.25, -0.2) is 0 Å².